The van der Waals surface area contributed by atoms with Crippen LogP contribution in [0.4, 0.5) is 0 Å². The van der Waals surface area contributed by atoms with Crippen LogP contribution in [0.2, 0.25) is 0 Å². The molecule has 0 aromatic heterocycles. The topological polar surface area (TPSA) is 61.5 Å². The molecule has 0 unspecified atom stereocenters. The molecule has 126 valence electrons. The molecule has 3 rings (SSSR count). The average molecular weight is 333 g/mol. The summed E-state index contributed by atoms with van der Waals surface area (Å²) in [5, 5.41) is 0. The monoisotopic (exact) mass is 333 g/mol. The summed E-state index contributed by atoms with van der Waals surface area (Å²) in [6.07, 6.45) is 0. The zero-order chi connectivity index (χ0) is 17.6. The Balaban J connectivity index is 1.73. The molecule has 3 aromatic carbocycles. The molecule has 0 atom stereocenters. The van der Waals surface area contributed by atoms with Crippen molar-refractivity contribution < 1.29 is 14.3 Å². The standard InChI is InChI=1S/C21H19NO3/c1-24-20-12-9-17(21(22)23)13-18(20)14-25-19-10-7-16(8-11-19)15-5-3-2-4-6-15/h2-13H,14H2,1H3,(H2,22,23). The first kappa shape index (κ1) is 16.6. The van der Waals surface area contributed by atoms with Crippen LogP contribution in [0, 0.1) is 0 Å². The first-order chi connectivity index (χ1) is 12.2. The van der Waals surface area contributed by atoms with Gasteiger partial charge in [0.25, 0.3) is 0 Å². The summed E-state index contributed by atoms with van der Waals surface area (Å²) < 4.78 is 11.1. The van der Waals surface area contributed by atoms with E-state index in [1.54, 1.807) is 25.3 Å². The lowest BCUT2D eigenvalue weighted by Crippen LogP contribution is -2.12. The van der Waals surface area contributed by atoms with E-state index >= 15 is 0 Å². The number of hydrogen-bond acceptors (Lipinski definition) is 3. The van der Waals surface area contributed by atoms with Crippen molar-refractivity contribution in [3.8, 4) is 22.6 Å². The number of methoxy groups -OCH3 is 1. The Hall–Kier alpha value is -3.27. The van der Waals surface area contributed by atoms with Crippen LogP contribution in [0.15, 0.2) is 72.8 Å². The number of amides is 1. The summed E-state index contributed by atoms with van der Waals surface area (Å²) in [6, 6.07) is 23.1. The molecule has 0 bridgehead atoms. The van der Waals surface area contributed by atoms with Crippen molar-refractivity contribution in [2.24, 2.45) is 5.73 Å². The second-order valence-corrected chi connectivity index (χ2v) is 5.57. The smallest absolute Gasteiger partial charge is 0.248 e. The molecule has 0 radical (unpaired) electrons. The van der Waals surface area contributed by atoms with Crippen molar-refractivity contribution in [2.75, 3.05) is 7.11 Å². The van der Waals surface area contributed by atoms with Gasteiger partial charge in [-0.3, -0.25) is 4.79 Å². The zero-order valence-corrected chi connectivity index (χ0v) is 13.9. The van der Waals surface area contributed by atoms with Crippen LogP contribution >= 0.6 is 0 Å². The lowest BCUT2D eigenvalue weighted by atomic mass is 10.1. The van der Waals surface area contributed by atoms with E-state index in [4.69, 9.17) is 15.2 Å². The summed E-state index contributed by atoms with van der Waals surface area (Å²) in [7, 11) is 1.58. The molecule has 0 saturated carbocycles. The van der Waals surface area contributed by atoms with Crippen molar-refractivity contribution >= 4 is 5.91 Å². The van der Waals surface area contributed by atoms with Gasteiger partial charge in [-0.15, -0.1) is 0 Å². The highest BCUT2D eigenvalue weighted by atomic mass is 16.5. The Kier molecular flexibility index (Phi) is 5.00. The van der Waals surface area contributed by atoms with Gasteiger partial charge in [0.1, 0.15) is 18.1 Å². The van der Waals surface area contributed by atoms with Crippen molar-refractivity contribution in [1.29, 1.82) is 0 Å². The highest BCUT2D eigenvalue weighted by Gasteiger charge is 2.09. The maximum atomic E-state index is 11.3. The predicted octanol–water partition coefficient (Wildman–Crippen LogP) is 4.04. The molecule has 1 amide bonds. The summed E-state index contributed by atoms with van der Waals surface area (Å²) in [5.74, 6) is 0.924. The van der Waals surface area contributed by atoms with E-state index in [1.165, 1.54) is 0 Å². The third kappa shape index (κ3) is 3.98. The largest absolute Gasteiger partial charge is 0.496 e. The molecular weight excluding hydrogens is 314 g/mol. The predicted molar refractivity (Wildman–Crippen MR) is 97.7 cm³/mol. The molecule has 4 nitrogen and oxygen atoms in total. The summed E-state index contributed by atoms with van der Waals surface area (Å²) in [4.78, 5) is 11.3. The number of primary amides is 1. The fourth-order valence-corrected chi connectivity index (χ4v) is 2.58. The molecule has 0 spiro atoms. The van der Waals surface area contributed by atoms with Crippen LogP contribution in [0.25, 0.3) is 11.1 Å². The van der Waals surface area contributed by atoms with Crippen molar-refractivity contribution in [3.63, 3.8) is 0 Å². The Bertz CT molecular complexity index is 858. The van der Waals surface area contributed by atoms with Crippen LogP contribution in [-0.4, -0.2) is 13.0 Å². The molecule has 2 N–H and O–H groups in total. The number of ether oxygens (including phenoxy) is 2. The van der Waals surface area contributed by atoms with E-state index in [0.717, 1.165) is 22.4 Å². The van der Waals surface area contributed by atoms with E-state index < -0.39 is 5.91 Å². The lowest BCUT2D eigenvalue weighted by molar-refractivity contribution is 0.1000. The number of rotatable bonds is 6. The number of carbonyl (C=O) groups is 1. The molecular formula is C21H19NO3. The molecule has 0 heterocycles. The molecule has 0 saturated heterocycles. The van der Waals surface area contributed by atoms with Gasteiger partial charge >= 0.3 is 0 Å². The van der Waals surface area contributed by atoms with Gasteiger partial charge in [0.05, 0.1) is 7.11 Å². The number of benzene rings is 3. The second-order valence-electron chi connectivity index (χ2n) is 5.57. The maximum Gasteiger partial charge on any atom is 0.248 e. The van der Waals surface area contributed by atoms with Crippen LogP contribution in [0.3, 0.4) is 0 Å². The summed E-state index contributed by atoms with van der Waals surface area (Å²) in [6.45, 7) is 0.287. The zero-order valence-electron chi connectivity index (χ0n) is 13.9. The fraction of sp³-hybridized carbons (Fsp3) is 0.0952. The van der Waals surface area contributed by atoms with E-state index in [9.17, 15) is 4.79 Å². The molecule has 25 heavy (non-hydrogen) atoms. The van der Waals surface area contributed by atoms with Gasteiger partial charge < -0.3 is 15.2 Å². The van der Waals surface area contributed by atoms with Crippen molar-refractivity contribution in [2.45, 2.75) is 6.61 Å². The first-order valence-electron chi connectivity index (χ1n) is 7.92. The van der Waals surface area contributed by atoms with Crippen LogP contribution in [0.1, 0.15) is 15.9 Å². The van der Waals surface area contributed by atoms with E-state index in [1.807, 2.05) is 42.5 Å². The Morgan fingerprint density at radius 3 is 2.24 bits per heavy atom. The molecule has 3 aromatic rings. The quantitative estimate of drug-likeness (QED) is 0.740. The van der Waals surface area contributed by atoms with E-state index in [2.05, 4.69) is 12.1 Å². The highest BCUT2D eigenvalue weighted by molar-refractivity contribution is 5.93. The van der Waals surface area contributed by atoms with E-state index in [-0.39, 0.29) is 6.61 Å². The first-order valence-corrected chi connectivity index (χ1v) is 7.92. The van der Waals surface area contributed by atoms with E-state index in [0.29, 0.717) is 11.3 Å². The number of carbonyl (C=O) groups excluding carboxylic acids is 1. The third-order valence-electron chi connectivity index (χ3n) is 3.92. The average Bonchev–Trinajstić information content (AvgIpc) is 2.67. The number of hydrogen-bond donors (Lipinski definition) is 1. The Labute approximate surface area is 146 Å². The van der Waals surface area contributed by atoms with Gasteiger partial charge in [0, 0.05) is 11.1 Å². The van der Waals surface area contributed by atoms with Crippen molar-refractivity contribution in [1.82, 2.24) is 0 Å². The van der Waals surface area contributed by atoms with Gasteiger partial charge in [-0.1, -0.05) is 42.5 Å². The fourth-order valence-electron chi connectivity index (χ4n) is 2.58. The van der Waals surface area contributed by atoms with Crippen LogP contribution in [-0.2, 0) is 6.61 Å². The third-order valence-corrected chi connectivity index (χ3v) is 3.92. The molecule has 0 fully saturated rings. The number of nitrogens with two attached hydrogens (primary N) is 1. The van der Waals surface area contributed by atoms with Gasteiger partial charge in [-0.05, 0) is 41.5 Å². The SMILES string of the molecule is COc1ccc(C(N)=O)cc1COc1ccc(-c2ccccc2)cc1. The maximum absolute atomic E-state index is 11.3. The lowest BCUT2D eigenvalue weighted by Gasteiger charge is -2.12. The molecule has 0 aliphatic carbocycles. The van der Waals surface area contributed by atoms with Gasteiger partial charge in [-0.2, -0.15) is 0 Å². The van der Waals surface area contributed by atoms with Gasteiger partial charge in [-0.25, -0.2) is 0 Å². The summed E-state index contributed by atoms with van der Waals surface area (Å²) >= 11 is 0. The minimum absolute atomic E-state index is 0.287. The van der Waals surface area contributed by atoms with Crippen molar-refractivity contribution in [3.05, 3.63) is 83.9 Å². The Morgan fingerprint density at radius 2 is 1.60 bits per heavy atom. The molecule has 0 aliphatic heterocycles. The minimum Gasteiger partial charge on any atom is -0.496 e. The normalized spacial score (nSPS) is 10.3. The van der Waals surface area contributed by atoms with Gasteiger partial charge in [0.2, 0.25) is 5.91 Å². The minimum atomic E-state index is -0.476. The molecule has 4 heteroatoms. The second kappa shape index (κ2) is 7.53. The Morgan fingerprint density at radius 1 is 0.920 bits per heavy atom. The van der Waals surface area contributed by atoms with Gasteiger partial charge in [0.15, 0.2) is 0 Å². The van der Waals surface area contributed by atoms with Crippen LogP contribution in [0.5, 0.6) is 11.5 Å². The van der Waals surface area contributed by atoms with Crippen LogP contribution < -0.4 is 15.2 Å². The summed E-state index contributed by atoms with van der Waals surface area (Å²) in [5.41, 5.74) is 8.82. The molecule has 0 aliphatic rings. The highest BCUT2D eigenvalue weighted by Crippen LogP contribution is 2.25.